The molecular weight excluding hydrogens is 777 g/mol. The number of rotatable bonds is 8. The van der Waals surface area contributed by atoms with Crippen LogP contribution < -0.4 is 20.7 Å². The van der Waals surface area contributed by atoms with Gasteiger partial charge in [0.05, 0.1) is 33.4 Å². The lowest BCUT2D eigenvalue weighted by Gasteiger charge is -2.35. The lowest BCUT2D eigenvalue weighted by atomic mass is 10.00. The molecule has 0 saturated carbocycles. The minimum atomic E-state index is -2.99. The van der Waals surface area contributed by atoms with E-state index < -0.39 is 8.07 Å². The van der Waals surface area contributed by atoms with E-state index in [1.54, 1.807) is 0 Å². The van der Waals surface area contributed by atoms with E-state index in [1.165, 1.54) is 86.6 Å². The van der Waals surface area contributed by atoms with Crippen LogP contribution in [0.15, 0.2) is 255 Å². The van der Waals surface area contributed by atoms with Crippen molar-refractivity contribution in [1.82, 2.24) is 9.13 Å². The molecule has 0 aliphatic heterocycles. The summed E-state index contributed by atoms with van der Waals surface area (Å²) in [7, 11) is -2.99. The molecule has 63 heavy (non-hydrogen) atoms. The summed E-state index contributed by atoms with van der Waals surface area (Å²) in [5, 5.41) is 10.3. The van der Waals surface area contributed by atoms with Gasteiger partial charge in [-0.05, 0) is 62.2 Å². The Morgan fingerprint density at radius 1 is 0.270 bits per heavy atom. The molecule has 0 fully saturated rings. The van der Waals surface area contributed by atoms with Crippen molar-refractivity contribution in [2.45, 2.75) is 0 Å². The number of benzene rings is 10. The molecule has 3 heteroatoms. The van der Waals surface area contributed by atoms with Crippen molar-refractivity contribution in [2.75, 3.05) is 0 Å². The lowest BCUT2D eigenvalue weighted by molar-refractivity contribution is 1.17. The SMILES string of the molecule is c1ccc(-c2ccccc2-n2c3ccccc3c3cc(-n4c5ccccc5c5cccc([Si](c6ccccc6)(c6ccccc6)c6ccccc6)c54)c(-c4ccccc4)cc32)cc1. The second-order valence-corrected chi connectivity index (χ2v) is 20.2. The Kier molecular flexibility index (Phi) is 8.87. The van der Waals surface area contributed by atoms with Gasteiger partial charge in [0, 0.05) is 32.7 Å². The third-order valence-corrected chi connectivity index (χ3v) is 17.9. The maximum Gasteiger partial charge on any atom is 0.181 e. The zero-order chi connectivity index (χ0) is 41.7. The van der Waals surface area contributed by atoms with E-state index in [0.29, 0.717) is 0 Å². The van der Waals surface area contributed by atoms with Crippen molar-refractivity contribution in [3.05, 3.63) is 255 Å². The van der Waals surface area contributed by atoms with Gasteiger partial charge in [0.1, 0.15) is 0 Å². The number of fused-ring (bicyclic) bond motifs is 6. The number of nitrogens with zero attached hydrogens (tertiary/aromatic N) is 2. The standard InChI is InChI=1S/C60H42N2Si/c1-6-23-43(24-7-1)48-33-16-19-37-54(48)61-55-38-20-18-35-50(55)53-42-57(52(41-58(53)61)44-25-8-2-9-26-44)62-56-39-21-17-34-49(56)51-36-22-40-59(60(51)62)63(45-27-10-3-11-28-45,46-29-12-4-13-30-46)47-31-14-5-15-32-47/h1-42H. The number of para-hydroxylation sites is 4. The first-order valence-corrected chi connectivity index (χ1v) is 23.8. The van der Waals surface area contributed by atoms with Crippen molar-refractivity contribution in [1.29, 1.82) is 0 Å². The largest absolute Gasteiger partial charge is 0.309 e. The number of hydrogen-bond donors (Lipinski definition) is 0. The third-order valence-electron chi connectivity index (χ3n) is 13.1. The zero-order valence-corrected chi connectivity index (χ0v) is 35.6. The second-order valence-electron chi connectivity index (χ2n) is 16.4. The Morgan fingerprint density at radius 3 is 1.30 bits per heavy atom. The summed E-state index contributed by atoms with van der Waals surface area (Å²) in [5.74, 6) is 0. The van der Waals surface area contributed by atoms with Crippen LogP contribution >= 0.6 is 0 Å². The van der Waals surface area contributed by atoms with Crippen molar-refractivity contribution in [2.24, 2.45) is 0 Å². The molecule has 0 aliphatic carbocycles. The van der Waals surface area contributed by atoms with Gasteiger partial charge in [-0.15, -0.1) is 0 Å². The van der Waals surface area contributed by atoms with E-state index in [2.05, 4.69) is 264 Å². The van der Waals surface area contributed by atoms with Crippen LogP contribution in [0.4, 0.5) is 0 Å². The van der Waals surface area contributed by atoms with Crippen molar-refractivity contribution in [3.8, 4) is 33.6 Å². The van der Waals surface area contributed by atoms with E-state index in [1.807, 2.05) is 0 Å². The van der Waals surface area contributed by atoms with Crippen LogP contribution in [0.2, 0.25) is 0 Å². The maximum atomic E-state index is 2.61. The zero-order valence-electron chi connectivity index (χ0n) is 34.6. The van der Waals surface area contributed by atoms with Crippen LogP contribution in [0.1, 0.15) is 0 Å². The number of hydrogen-bond acceptors (Lipinski definition) is 0. The second kappa shape index (κ2) is 15.2. The van der Waals surface area contributed by atoms with E-state index in [4.69, 9.17) is 0 Å². The summed E-state index contributed by atoms with van der Waals surface area (Å²) in [5.41, 5.74) is 11.8. The van der Waals surface area contributed by atoms with Gasteiger partial charge in [0.2, 0.25) is 0 Å². The molecule has 12 rings (SSSR count). The molecule has 0 aliphatic rings. The molecule has 2 aromatic heterocycles. The van der Waals surface area contributed by atoms with Gasteiger partial charge in [0.15, 0.2) is 8.07 Å². The molecule has 0 atom stereocenters. The Balaban J connectivity index is 1.26. The molecular formula is C60H42N2Si. The first-order valence-electron chi connectivity index (χ1n) is 21.8. The minimum Gasteiger partial charge on any atom is -0.309 e. The lowest BCUT2D eigenvalue weighted by Crippen LogP contribution is -2.75. The number of aromatic nitrogens is 2. The van der Waals surface area contributed by atoms with E-state index in [-0.39, 0.29) is 0 Å². The molecule has 0 bridgehead atoms. The van der Waals surface area contributed by atoms with Crippen LogP contribution in [0, 0.1) is 0 Å². The smallest absolute Gasteiger partial charge is 0.181 e. The molecule has 0 spiro atoms. The first-order chi connectivity index (χ1) is 31.3. The Bertz CT molecular complexity index is 3500. The molecule has 0 radical (unpaired) electrons. The van der Waals surface area contributed by atoms with Gasteiger partial charge in [-0.3, -0.25) is 0 Å². The highest BCUT2D eigenvalue weighted by Crippen LogP contribution is 2.43. The van der Waals surface area contributed by atoms with Gasteiger partial charge in [-0.1, -0.05) is 224 Å². The van der Waals surface area contributed by atoms with Crippen molar-refractivity contribution in [3.63, 3.8) is 0 Å². The highest BCUT2D eigenvalue weighted by molar-refractivity contribution is 7.20. The Labute approximate surface area is 368 Å². The highest BCUT2D eigenvalue weighted by atomic mass is 28.3. The van der Waals surface area contributed by atoms with Crippen LogP contribution in [0.25, 0.3) is 77.2 Å². The summed E-state index contributed by atoms with van der Waals surface area (Å²) < 4.78 is 5.10. The van der Waals surface area contributed by atoms with Crippen LogP contribution in [0.3, 0.4) is 0 Å². The van der Waals surface area contributed by atoms with Crippen molar-refractivity contribution < 1.29 is 0 Å². The summed E-state index contributed by atoms with van der Waals surface area (Å²) >= 11 is 0. The van der Waals surface area contributed by atoms with Gasteiger partial charge < -0.3 is 9.13 Å². The molecule has 0 N–H and O–H groups in total. The van der Waals surface area contributed by atoms with Gasteiger partial charge in [-0.25, -0.2) is 0 Å². The topological polar surface area (TPSA) is 9.86 Å². The molecule has 296 valence electrons. The molecule has 2 nitrogen and oxygen atoms in total. The predicted molar refractivity (Wildman–Crippen MR) is 270 cm³/mol. The average molecular weight is 819 g/mol. The summed E-state index contributed by atoms with van der Waals surface area (Å²) in [6.45, 7) is 0. The summed E-state index contributed by atoms with van der Waals surface area (Å²) in [6, 6.07) is 94.4. The van der Waals surface area contributed by atoms with Gasteiger partial charge in [-0.2, -0.15) is 0 Å². The highest BCUT2D eigenvalue weighted by Gasteiger charge is 2.43. The average Bonchev–Trinajstić information content (AvgIpc) is 3.88. The van der Waals surface area contributed by atoms with Crippen LogP contribution in [-0.2, 0) is 0 Å². The quantitative estimate of drug-likeness (QED) is 0.107. The molecule has 0 amide bonds. The Hall–Kier alpha value is -7.98. The van der Waals surface area contributed by atoms with Gasteiger partial charge in [0.25, 0.3) is 0 Å². The molecule has 10 aromatic carbocycles. The molecule has 2 heterocycles. The van der Waals surface area contributed by atoms with Crippen LogP contribution in [-0.4, -0.2) is 17.2 Å². The Morgan fingerprint density at radius 2 is 0.714 bits per heavy atom. The third kappa shape index (κ3) is 5.78. The van der Waals surface area contributed by atoms with Gasteiger partial charge >= 0.3 is 0 Å². The normalized spacial score (nSPS) is 11.8. The first kappa shape index (κ1) is 36.8. The predicted octanol–water partition coefficient (Wildman–Crippen LogP) is 12.6. The van der Waals surface area contributed by atoms with E-state index in [0.717, 1.165) is 11.4 Å². The summed E-state index contributed by atoms with van der Waals surface area (Å²) in [4.78, 5) is 0. The maximum absolute atomic E-state index is 2.99. The van der Waals surface area contributed by atoms with E-state index in [9.17, 15) is 0 Å². The van der Waals surface area contributed by atoms with E-state index >= 15 is 0 Å². The fourth-order valence-corrected chi connectivity index (χ4v) is 15.4. The fraction of sp³-hybridized carbons (Fsp3) is 0. The summed E-state index contributed by atoms with van der Waals surface area (Å²) in [6.07, 6.45) is 0. The molecule has 12 aromatic rings. The fourth-order valence-electron chi connectivity index (χ4n) is 10.4. The molecule has 0 saturated heterocycles. The molecule has 0 unspecified atom stereocenters. The van der Waals surface area contributed by atoms with Crippen LogP contribution in [0.5, 0.6) is 0 Å². The minimum absolute atomic E-state index is 1.16. The van der Waals surface area contributed by atoms with Crippen molar-refractivity contribution >= 4 is 72.4 Å². The monoisotopic (exact) mass is 818 g/mol.